The highest BCUT2D eigenvalue weighted by atomic mass is 32.2. The van der Waals surface area contributed by atoms with Crippen LogP contribution in [0.15, 0.2) is 40.9 Å². The number of nitrogens with one attached hydrogen (secondary N) is 2. The van der Waals surface area contributed by atoms with E-state index in [9.17, 15) is 14.0 Å². The Morgan fingerprint density at radius 3 is 2.86 bits per heavy atom. The van der Waals surface area contributed by atoms with Crippen molar-refractivity contribution in [1.29, 1.82) is 0 Å². The first kappa shape index (κ1) is 19.6. The molecule has 4 rings (SSSR count). The fraction of sp³-hybridized carbons (Fsp3) is 0.263. The lowest BCUT2D eigenvalue weighted by molar-refractivity contribution is 0.0787. The Balaban J connectivity index is 1.32. The molecule has 7 nitrogen and oxygen atoms in total. The molecule has 3 heterocycles. The van der Waals surface area contributed by atoms with Crippen LogP contribution in [0.5, 0.6) is 0 Å². The van der Waals surface area contributed by atoms with E-state index in [1.807, 2.05) is 0 Å². The number of thioether (sulfide) groups is 1. The first-order valence-corrected chi connectivity index (χ1v) is 10.9. The fourth-order valence-electron chi connectivity index (χ4n) is 2.99. The summed E-state index contributed by atoms with van der Waals surface area (Å²) in [5.74, 6) is -0.314. The van der Waals surface area contributed by atoms with E-state index in [-0.39, 0.29) is 23.3 Å². The molecule has 1 aromatic carbocycles. The third kappa shape index (κ3) is 4.83. The van der Waals surface area contributed by atoms with Crippen LogP contribution < -0.4 is 5.32 Å². The minimum atomic E-state index is -0.339. The molecule has 29 heavy (non-hydrogen) atoms. The zero-order valence-electron chi connectivity index (χ0n) is 15.4. The zero-order chi connectivity index (χ0) is 20.2. The summed E-state index contributed by atoms with van der Waals surface area (Å²) in [4.78, 5) is 29.5. The number of nitrogens with zero attached hydrogens (tertiary/aromatic N) is 3. The summed E-state index contributed by atoms with van der Waals surface area (Å²) in [5, 5.41) is 11.6. The zero-order valence-corrected chi connectivity index (χ0v) is 17.0. The molecule has 0 atom stereocenters. The number of likely N-dealkylation sites (tertiary alicyclic amines) is 1. The third-order valence-electron chi connectivity index (χ3n) is 4.44. The van der Waals surface area contributed by atoms with E-state index in [1.54, 1.807) is 29.3 Å². The maximum Gasteiger partial charge on any atom is 0.270 e. The van der Waals surface area contributed by atoms with Crippen molar-refractivity contribution in [2.75, 3.05) is 24.2 Å². The van der Waals surface area contributed by atoms with Crippen molar-refractivity contribution in [3.05, 3.63) is 53.6 Å². The standard InChI is InChI=1S/C19H18FN5O2S2/c20-13-4-3-5-14(9-13)22-18-23-24-19(29-18)28-11-16(26)12-8-15(21-10-12)17(27)25-6-1-2-7-25/h3-5,8-10,21H,1-2,6-7,11H2,(H,22,23). The van der Waals surface area contributed by atoms with Gasteiger partial charge in [-0.3, -0.25) is 9.59 Å². The molecule has 0 saturated carbocycles. The monoisotopic (exact) mass is 431 g/mol. The van der Waals surface area contributed by atoms with Gasteiger partial charge in [-0.1, -0.05) is 29.2 Å². The largest absolute Gasteiger partial charge is 0.356 e. The lowest BCUT2D eigenvalue weighted by Gasteiger charge is -2.13. The quantitative estimate of drug-likeness (QED) is 0.435. The summed E-state index contributed by atoms with van der Waals surface area (Å²) in [5.41, 5.74) is 1.50. The molecular formula is C19H18FN5O2S2. The Hall–Kier alpha value is -2.72. The molecule has 0 bridgehead atoms. The summed E-state index contributed by atoms with van der Waals surface area (Å²) in [6, 6.07) is 7.68. The molecule has 0 spiro atoms. The maximum absolute atomic E-state index is 13.2. The van der Waals surface area contributed by atoms with E-state index in [0.717, 1.165) is 25.9 Å². The fourth-order valence-corrected chi connectivity index (χ4v) is 4.65. The van der Waals surface area contributed by atoms with Crippen molar-refractivity contribution < 1.29 is 14.0 Å². The molecule has 2 N–H and O–H groups in total. The number of carbonyl (C=O) groups excluding carboxylic acids is 2. The average molecular weight is 432 g/mol. The molecule has 0 unspecified atom stereocenters. The minimum Gasteiger partial charge on any atom is -0.356 e. The molecule has 1 fully saturated rings. The summed E-state index contributed by atoms with van der Waals surface area (Å²) >= 11 is 2.56. The Bertz CT molecular complexity index is 1030. The van der Waals surface area contributed by atoms with Crippen LogP contribution >= 0.6 is 23.1 Å². The van der Waals surface area contributed by atoms with E-state index >= 15 is 0 Å². The molecule has 1 amide bonds. The van der Waals surface area contributed by atoms with Crippen LogP contribution in [0, 0.1) is 5.82 Å². The van der Waals surface area contributed by atoms with Gasteiger partial charge in [-0.15, -0.1) is 10.2 Å². The van der Waals surface area contributed by atoms with Crippen LogP contribution in [-0.4, -0.2) is 50.6 Å². The highest BCUT2D eigenvalue weighted by Crippen LogP contribution is 2.28. The molecule has 1 saturated heterocycles. The van der Waals surface area contributed by atoms with Crippen molar-refractivity contribution in [3.8, 4) is 0 Å². The minimum absolute atomic E-state index is 0.0635. The Morgan fingerprint density at radius 1 is 1.24 bits per heavy atom. The SMILES string of the molecule is O=C(CSc1nnc(Nc2cccc(F)c2)s1)c1c[nH]c(C(=O)N2CCCC2)c1. The van der Waals surface area contributed by atoms with Crippen molar-refractivity contribution in [1.82, 2.24) is 20.1 Å². The molecule has 0 aliphatic carbocycles. The van der Waals surface area contributed by atoms with Gasteiger partial charge in [0.25, 0.3) is 5.91 Å². The second-order valence-electron chi connectivity index (χ2n) is 6.52. The Labute approximate surface area is 174 Å². The molecule has 3 aromatic rings. The average Bonchev–Trinajstić information content (AvgIpc) is 3.47. The molecule has 1 aliphatic rings. The van der Waals surface area contributed by atoms with Crippen LogP contribution in [0.1, 0.15) is 33.7 Å². The molecule has 1 aliphatic heterocycles. The second kappa shape index (κ2) is 8.75. The predicted octanol–water partition coefficient (Wildman–Crippen LogP) is 3.96. The predicted molar refractivity (Wildman–Crippen MR) is 111 cm³/mol. The summed E-state index contributed by atoms with van der Waals surface area (Å²) < 4.78 is 13.9. The lowest BCUT2D eigenvalue weighted by Crippen LogP contribution is -2.27. The molecule has 2 aromatic heterocycles. The van der Waals surface area contributed by atoms with Gasteiger partial charge >= 0.3 is 0 Å². The number of aromatic nitrogens is 3. The Kier molecular flexibility index (Phi) is 5.91. The number of anilines is 2. The molecule has 10 heteroatoms. The van der Waals surface area contributed by atoms with Crippen molar-refractivity contribution in [3.63, 3.8) is 0 Å². The van der Waals surface area contributed by atoms with Crippen LogP contribution in [0.25, 0.3) is 0 Å². The van der Waals surface area contributed by atoms with Crippen molar-refractivity contribution in [2.24, 2.45) is 0 Å². The smallest absolute Gasteiger partial charge is 0.270 e. The first-order chi connectivity index (χ1) is 14.1. The highest BCUT2D eigenvalue weighted by Gasteiger charge is 2.22. The van der Waals surface area contributed by atoms with Gasteiger partial charge in [-0.2, -0.15) is 0 Å². The van der Waals surface area contributed by atoms with E-state index in [1.165, 1.54) is 35.2 Å². The number of H-pyrrole nitrogens is 1. The number of carbonyl (C=O) groups is 2. The van der Waals surface area contributed by atoms with Gasteiger partial charge in [0.2, 0.25) is 5.13 Å². The second-order valence-corrected chi connectivity index (χ2v) is 8.72. The van der Waals surface area contributed by atoms with Gasteiger partial charge in [0.15, 0.2) is 10.1 Å². The highest BCUT2D eigenvalue weighted by molar-refractivity contribution is 8.01. The number of rotatable bonds is 7. The molecule has 0 radical (unpaired) electrons. The van der Waals surface area contributed by atoms with Gasteiger partial charge < -0.3 is 15.2 Å². The number of benzene rings is 1. The molecule has 150 valence electrons. The van der Waals surface area contributed by atoms with Gasteiger partial charge in [-0.05, 0) is 37.1 Å². The summed E-state index contributed by atoms with van der Waals surface area (Å²) in [6.07, 6.45) is 3.61. The van der Waals surface area contributed by atoms with E-state index < -0.39 is 0 Å². The van der Waals surface area contributed by atoms with Crippen molar-refractivity contribution in [2.45, 2.75) is 17.2 Å². The molecular weight excluding hydrogens is 413 g/mol. The lowest BCUT2D eigenvalue weighted by atomic mass is 10.2. The third-order valence-corrected chi connectivity index (χ3v) is 6.41. The summed E-state index contributed by atoms with van der Waals surface area (Å²) in [7, 11) is 0. The topological polar surface area (TPSA) is 91.0 Å². The summed E-state index contributed by atoms with van der Waals surface area (Å²) in [6.45, 7) is 1.53. The number of halogens is 1. The van der Waals surface area contributed by atoms with Crippen LogP contribution in [0.2, 0.25) is 0 Å². The van der Waals surface area contributed by atoms with Crippen LogP contribution in [0.4, 0.5) is 15.2 Å². The van der Waals surface area contributed by atoms with E-state index in [2.05, 4.69) is 20.5 Å². The van der Waals surface area contributed by atoms with E-state index in [4.69, 9.17) is 0 Å². The number of amides is 1. The van der Waals surface area contributed by atoms with Gasteiger partial charge in [0.1, 0.15) is 11.5 Å². The van der Waals surface area contributed by atoms with Crippen LogP contribution in [-0.2, 0) is 0 Å². The number of aromatic amines is 1. The normalized spacial score (nSPS) is 13.6. The first-order valence-electron chi connectivity index (χ1n) is 9.08. The maximum atomic E-state index is 13.2. The van der Waals surface area contributed by atoms with Gasteiger partial charge in [0.05, 0.1) is 5.75 Å². The van der Waals surface area contributed by atoms with Gasteiger partial charge in [-0.25, -0.2) is 4.39 Å². The number of ketones is 1. The number of Topliss-reactive ketones (excluding diaryl/α,β-unsaturated/α-hetero) is 1. The number of hydrogen-bond donors (Lipinski definition) is 2. The van der Waals surface area contributed by atoms with E-state index in [0.29, 0.717) is 26.4 Å². The number of hydrogen-bond acceptors (Lipinski definition) is 7. The van der Waals surface area contributed by atoms with Crippen molar-refractivity contribution >= 4 is 45.6 Å². The van der Waals surface area contributed by atoms with Crippen LogP contribution in [0.3, 0.4) is 0 Å². The Morgan fingerprint density at radius 2 is 2.07 bits per heavy atom. The van der Waals surface area contributed by atoms with Gasteiger partial charge in [0, 0.05) is 30.5 Å².